The molecule has 15 nitrogen and oxygen atoms in total. The van der Waals surface area contributed by atoms with Gasteiger partial charge in [0.2, 0.25) is 11.8 Å². The van der Waals surface area contributed by atoms with E-state index >= 15 is 0 Å². The largest absolute Gasteiger partial charge is 0.508 e. The molecule has 332 valence electrons. The Balaban J connectivity index is 0.000000676. The average molecular weight is 822 g/mol. The number of nitrogens with one attached hydrogen (secondary N) is 1. The predicted octanol–water partition coefficient (Wildman–Crippen LogP) is 3.38. The number of Topliss-reactive ketones (excluding diaryl/α,β-unsaturated/α-hetero) is 3. The number of unbranched alkanes of at least 4 members (excludes halogenated alkanes) is 3. The summed E-state index contributed by atoms with van der Waals surface area (Å²) in [7, 11) is 0. The molecule has 0 aromatic heterocycles. The highest BCUT2D eigenvalue weighted by atomic mass is 16.5. The Morgan fingerprint density at radius 1 is 0.793 bits per heavy atom. The topological polar surface area (TPSA) is 236 Å². The van der Waals surface area contributed by atoms with E-state index in [1.54, 1.807) is 24.3 Å². The van der Waals surface area contributed by atoms with Gasteiger partial charge in [-0.05, 0) is 96.4 Å². The second kappa shape index (κ2) is 33.5. The molecule has 8 N–H and O–H groups in total. The maximum Gasteiger partial charge on any atom is 0.246 e. The monoisotopic (exact) mass is 822 g/mol. The van der Waals surface area contributed by atoms with Gasteiger partial charge in [-0.2, -0.15) is 0 Å². The highest BCUT2D eigenvalue weighted by Gasteiger charge is 2.28. The van der Waals surface area contributed by atoms with Crippen LogP contribution in [0.4, 0.5) is 0 Å². The Bertz CT molecular complexity index is 1280. The van der Waals surface area contributed by atoms with Gasteiger partial charge in [-0.15, -0.1) is 0 Å². The standard InChI is InChI=1S/C27H45N3O7.C16H30N2O3/c1-2-35-15-13-30-27(34)20-37-17-16-36-14-5-7-25(32)22(6-3-4-12-28)19-26(33)24(29)18-21-8-10-23(31)11-9-21;1-3-21-12-14(19)9-5-4-6-10-15(17)16(20)18-11-7-8-13(18)2/h8-11,22,24,31H,2-7,12-20,28-29H2,1H3,(H,30,34);13,15H,3-12,17H2,1-2H3/t22-,24+;13-,15+/m11/s1. The molecule has 4 atom stereocenters. The van der Waals surface area contributed by atoms with Crippen LogP contribution in [-0.4, -0.2) is 130 Å². The molecule has 1 heterocycles. The number of hydrogen-bond donors (Lipinski definition) is 5. The van der Waals surface area contributed by atoms with E-state index in [-0.39, 0.29) is 73.1 Å². The highest BCUT2D eigenvalue weighted by Crippen LogP contribution is 2.20. The molecule has 0 saturated carbocycles. The van der Waals surface area contributed by atoms with Gasteiger partial charge in [0.1, 0.15) is 24.7 Å². The van der Waals surface area contributed by atoms with Gasteiger partial charge in [-0.3, -0.25) is 24.0 Å². The molecule has 15 heteroatoms. The van der Waals surface area contributed by atoms with Crippen LogP contribution in [0.5, 0.6) is 5.75 Å². The molecular formula is C43H75N5O10. The quantitative estimate of drug-likeness (QED) is 0.0641. The number of carbonyl (C=O) groups is 5. The van der Waals surface area contributed by atoms with Gasteiger partial charge in [0.25, 0.3) is 0 Å². The van der Waals surface area contributed by atoms with Crippen LogP contribution in [0.25, 0.3) is 0 Å². The van der Waals surface area contributed by atoms with Crippen LogP contribution >= 0.6 is 0 Å². The maximum atomic E-state index is 12.8. The first-order valence-electron chi connectivity index (χ1n) is 21.4. The lowest BCUT2D eigenvalue weighted by atomic mass is 9.87. The van der Waals surface area contributed by atoms with Gasteiger partial charge in [0.05, 0.1) is 31.9 Å². The van der Waals surface area contributed by atoms with Gasteiger partial charge in [-0.25, -0.2) is 0 Å². The summed E-state index contributed by atoms with van der Waals surface area (Å²) >= 11 is 0. The zero-order chi connectivity index (χ0) is 43.0. The number of amides is 2. The number of ether oxygens (including phenoxy) is 4. The molecule has 58 heavy (non-hydrogen) atoms. The third-order valence-corrected chi connectivity index (χ3v) is 9.90. The lowest BCUT2D eigenvalue weighted by molar-refractivity contribution is -0.133. The smallest absolute Gasteiger partial charge is 0.246 e. The number of ketones is 3. The first-order chi connectivity index (χ1) is 27.9. The molecule has 0 spiro atoms. The molecule has 0 aliphatic carbocycles. The lowest BCUT2D eigenvalue weighted by Gasteiger charge is -2.24. The summed E-state index contributed by atoms with van der Waals surface area (Å²) in [6.45, 7) is 10.5. The summed E-state index contributed by atoms with van der Waals surface area (Å²) < 4.78 is 21.0. The van der Waals surface area contributed by atoms with Crippen molar-refractivity contribution < 1.29 is 48.0 Å². The van der Waals surface area contributed by atoms with Crippen LogP contribution < -0.4 is 22.5 Å². The highest BCUT2D eigenvalue weighted by molar-refractivity contribution is 5.90. The fourth-order valence-corrected chi connectivity index (χ4v) is 6.45. The lowest BCUT2D eigenvalue weighted by Crippen LogP contribution is -2.45. The van der Waals surface area contributed by atoms with Crippen LogP contribution in [0.3, 0.4) is 0 Å². The van der Waals surface area contributed by atoms with Crippen LogP contribution in [0.15, 0.2) is 24.3 Å². The molecule has 0 unspecified atom stereocenters. The van der Waals surface area contributed by atoms with E-state index in [2.05, 4.69) is 12.2 Å². The summed E-state index contributed by atoms with van der Waals surface area (Å²) in [6.07, 6.45) is 9.64. The predicted molar refractivity (Wildman–Crippen MR) is 224 cm³/mol. The fraction of sp³-hybridized carbons (Fsp3) is 0.744. The van der Waals surface area contributed by atoms with E-state index in [1.807, 2.05) is 18.7 Å². The number of phenols is 1. The van der Waals surface area contributed by atoms with Gasteiger partial charge in [0.15, 0.2) is 11.6 Å². The minimum absolute atomic E-state index is 0.0331. The van der Waals surface area contributed by atoms with Crippen molar-refractivity contribution in [1.29, 1.82) is 0 Å². The Kier molecular flexibility index (Phi) is 30.5. The normalized spacial score (nSPS) is 15.3. The molecule has 2 rings (SSSR count). The molecule has 0 bridgehead atoms. The van der Waals surface area contributed by atoms with E-state index < -0.39 is 6.04 Å². The number of aromatic hydroxyl groups is 1. The summed E-state index contributed by atoms with van der Waals surface area (Å²) in [5.74, 6) is -0.296. The second-order valence-electron chi connectivity index (χ2n) is 14.8. The van der Waals surface area contributed by atoms with E-state index in [0.29, 0.717) is 90.7 Å². The van der Waals surface area contributed by atoms with E-state index in [9.17, 15) is 29.1 Å². The van der Waals surface area contributed by atoms with Crippen molar-refractivity contribution in [1.82, 2.24) is 10.2 Å². The van der Waals surface area contributed by atoms with E-state index in [1.165, 1.54) is 0 Å². The number of benzene rings is 1. The molecule has 1 aromatic rings. The molecule has 0 radical (unpaired) electrons. The van der Waals surface area contributed by atoms with E-state index in [0.717, 1.165) is 57.1 Å². The molecular weight excluding hydrogens is 746 g/mol. The zero-order valence-electron chi connectivity index (χ0n) is 35.6. The fourth-order valence-electron chi connectivity index (χ4n) is 6.45. The van der Waals surface area contributed by atoms with Crippen molar-refractivity contribution >= 4 is 29.2 Å². The molecule has 2 amide bonds. The van der Waals surface area contributed by atoms with Crippen LogP contribution in [0.1, 0.15) is 110 Å². The first-order valence-corrected chi connectivity index (χ1v) is 21.4. The number of hydrogen-bond acceptors (Lipinski definition) is 13. The number of nitrogens with zero attached hydrogens (tertiary/aromatic N) is 1. The number of nitrogens with two attached hydrogens (primary N) is 3. The van der Waals surface area contributed by atoms with Gasteiger partial charge < -0.3 is 51.5 Å². The molecule has 1 aliphatic rings. The average Bonchev–Trinajstić information content (AvgIpc) is 3.65. The molecule has 1 aliphatic heterocycles. The second-order valence-corrected chi connectivity index (χ2v) is 14.8. The van der Waals surface area contributed by atoms with Gasteiger partial charge in [-0.1, -0.05) is 31.4 Å². The number of likely N-dealkylation sites (tertiary alicyclic amines) is 1. The number of phenolic OH excluding ortho intramolecular Hbond substituents is 1. The Morgan fingerprint density at radius 3 is 2.17 bits per heavy atom. The number of carbonyl (C=O) groups excluding carboxylic acids is 5. The van der Waals surface area contributed by atoms with Crippen molar-refractivity contribution in [3.8, 4) is 5.75 Å². The van der Waals surface area contributed by atoms with Crippen LogP contribution in [0, 0.1) is 5.92 Å². The molecule has 1 fully saturated rings. The summed E-state index contributed by atoms with van der Waals surface area (Å²) in [5, 5.41) is 12.1. The molecule has 1 saturated heterocycles. The van der Waals surface area contributed by atoms with Crippen LogP contribution in [0.2, 0.25) is 0 Å². The van der Waals surface area contributed by atoms with Crippen LogP contribution in [-0.2, 0) is 49.3 Å². The summed E-state index contributed by atoms with van der Waals surface area (Å²) in [6, 6.07) is 5.82. The van der Waals surface area contributed by atoms with Crippen molar-refractivity contribution in [2.45, 2.75) is 129 Å². The van der Waals surface area contributed by atoms with Crippen molar-refractivity contribution in [3.63, 3.8) is 0 Å². The Morgan fingerprint density at radius 2 is 1.50 bits per heavy atom. The maximum absolute atomic E-state index is 12.8. The zero-order valence-corrected chi connectivity index (χ0v) is 35.6. The third kappa shape index (κ3) is 25.2. The van der Waals surface area contributed by atoms with Gasteiger partial charge >= 0.3 is 0 Å². The minimum Gasteiger partial charge on any atom is -0.508 e. The van der Waals surface area contributed by atoms with E-state index in [4.69, 9.17) is 36.1 Å². The minimum atomic E-state index is -0.704. The van der Waals surface area contributed by atoms with Gasteiger partial charge in [0, 0.05) is 64.1 Å². The molecule has 1 aromatic carbocycles. The van der Waals surface area contributed by atoms with Crippen molar-refractivity contribution in [2.24, 2.45) is 23.1 Å². The summed E-state index contributed by atoms with van der Waals surface area (Å²) in [5.41, 5.74) is 18.6. The Hall–Kier alpha value is -3.31. The SMILES string of the molecule is CCOCC(=O)CCCCC[C@H](N)C(=O)N1CCC[C@H]1C.CCOCCNC(=O)COCCOCCCC(=O)[C@H](CCCCN)CC(=O)[C@@H](N)Cc1ccc(O)cc1. The Labute approximate surface area is 346 Å². The number of rotatable bonds is 33. The van der Waals surface area contributed by atoms with Crippen molar-refractivity contribution in [2.75, 3.05) is 72.5 Å². The first kappa shape index (κ1) is 52.7. The van der Waals surface area contributed by atoms with Crippen molar-refractivity contribution in [3.05, 3.63) is 29.8 Å². The summed E-state index contributed by atoms with van der Waals surface area (Å²) in [4.78, 5) is 62.7. The third-order valence-electron chi connectivity index (χ3n) is 9.90.